The number of amides is 1. The fourth-order valence-corrected chi connectivity index (χ4v) is 2.74. The smallest absolute Gasteiger partial charge is 0.267 e. The first-order valence-electron chi connectivity index (χ1n) is 7.97. The summed E-state index contributed by atoms with van der Waals surface area (Å²) < 4.78 is 6.46. The van der Waals surface area contributed by atoms with E-state index < -0.39 is 11.5 Å². The Kier molecular flexibility index (Phi) is 4.31. The fourth-order valence-electron chi connectivity index (χ4n) is 2.74. The number of carbonyl (C=O) groups excluding carboxylic acids is 1. The topological polar surface area (TPSA) is 97.4 Å². The van der Waals surface area contributed by atoms with Crippen LogP contribution in [0.15, 0.2) is 39.6 Å². The molecule has 0 radical (unpaired) electrons. The van der Waals surface area contributed by atoms with Crippen LogP contribution in [0.3, 0.4) is 0 Å². The average molecular weight is 341 g/mol. The fraction of sp³-hybridized carbons (Fsp3) is 0.278. The highest BCUT2D eigenvalue weighted by Gasteiger charge is 2.23. The average Bonchev–Trinajstić information content (AvgIpc) is 2.96. The highest BCUT2D eigenvalue weighted by molar-refractivity contribution is 6.08. The van der Waals surface area contributed by atoms with Crippen LogP contribution in [0.4, 0.5) is 5.88 Å². The molecule has 1 aromatic carbocycles. The highest BCUT2D eigenvalue weighted by Crippen LogP contribution is 2.27. The molecule has 0 spiro atoms. The first kappa shape index (κ1) is 16.8. The summed E-state index contributed by atoms with van der Waals surface area (Å²) in [6.45, 7) is 6.10. The SMILES string of the molecule is Cc1cc(NC(=O)c2c(O)c3ccccc3n(CC(C)C)c2=O)on1. The molecule has 0 saturated carbocycles. The van der Waals surface area contributed by atoms with Crippen molar-refractivity contribution < 1.29 is 14.4 Å². The molecule has 0 aliphatic carbocycles. The van der Waals surface area contributed by atoms with E-state index in [1.165, 1.54) is 10.6 Å². The first-order valence-corrected chi connectivity index (χ1v) is 7.97. The lowest BCUT2D eigenvalue weighted by Gasteiger charge is -2.16. The van der Waals surface area contributed by atoms with Gasteiger partial charge in [-0.05, 0) is 25.0 Å². The lowest BCUT2D eigenvalue weighted by atomic mass is 10.1. The minimum Gasteiger partial charge on any atom is -0.506 e. The van der Waals surface area contributed by atoms with Gasteiger partial charge in [0.2, 0.25) is 5.88 Å². The Morgan fingerprint density at radius 3 is 2.72 bits per heavy atom. The number of pyridine rings is 1. The van der Waals surface area contributed by atoms with Gasteiger partial charge in [0.15, 0.2) is 0 Å². The zero-order chi connectivity index (χ0) is 18.1. The number of fused-ring (bicyclic) bond motifs is 1. The zero-order valence-electron chi connectivity index (χ0n) is 14.2. The van der Waals surface area contributed by atoms with Crippen molar-refractivity contribution in [1.82, 2.24) is 9.72 Å². The number of aryl methyl sites for hydroxylation is 1. The van der Waals surface area contributed by atoms with Crippen molar-refractivity contribution in [1.29, 1.82) is 0 Å². The van der Waals surface area contributed by atoms with Gasteiger partial charge in [-0.25, -0.2) is 0 Å². The zero-order valence-corrected chi connectivity index (χ0v) is 14.2. The van der Waals surface area contributed by atoms with Crippen LogP contribution in [0.25, 0.3) is 10.9 Å². The monoisotopic (exact) mass is 341 g/mol. The molecule has 2 heterocycles. The van der Waals surface area contributed by atoms with Gasteiger partial charge in [-0.15, -0.1) is 0 Å². The van der Waals surface area contributed by atoms with Gasteiger partial charge in [0.25, 0.3) is 11.5 Å². The Morgan fingerprint density at radius 2 is 2.08 bits per heavy atom. The third-order valence-electron chi connectivity index (χ3n) is 3.79. The van der Waals surface area contributed by atoms with Crippen molar-refractivity contribution in [3.63, 3.8) is 0 Å². The molecule has 2 aromatic heterocycles. The molecule has 0 unspecified atom stereocenters. The van der Waals surface area contributed by atoms with Gasteiger partial charge in [-0.2, -0.15) is 0 Å². The van der Waals surface area contributed by atoms with Crippen LogP contribution in [-0.2, 0) is 6.54 Å². The second-order valence-electron chi connectivity index (χ2n) is 6.34. The summed E-state index contributed by atoms with van der Waals surface area (Å²) >= 11 is 0. The largest absolute Gasteiger partial charge is 0.506 e. The van der Waals surface area contributed by atoms with E-state index in [2.05, 4.69) is 10.5 Å². The van der Waals surface area contributed by atoms with Gasteiger partial charge in [0.1, 0.15) is 11.3 Å². The van der Waals surface area contributed by atoms with Crippen LogP contribution in [0, 0.1) is 12.8 Å². The molecule has 0 aliphatic rings. The predicted octanol–water partition coefficient (Wildman–Crippen LogP) is 2.91. The van der Waals surface area contributed by atoms with E-state index in [-0.39, 0.29) is 23.1 Å². The quantitative estimate of drug-likeness (QED) is 0.760. The summed E-state index contributed by atoms with van der Waals surface area (Å²) in [7, 11) is 0. The van der Waals surface area contributed by atoms with Gasteiger partial charge in [-0.3, -0.25) is 14.9 Å². The molecule has 25 heavy (non-hydrogen) atoms. The number of nitrogens with zero attached hydrogens (tertiary/aromatic N) is 2. The van der Waals surface area contributed by atoms with Crippen molar-refractivity contribution in [2.24, 2.45) is 5.92 Å². The van der Waals surface area contributed by atoms with Crippen LogP contribution in [0.5, 0.6) is 5.75 Å². The Bertz CT molecular complexity index is 1000. The molecule has 0 aliphatic heterocycles. The second kappa shape index (κ2) is 6.43. The lowest BCUT2D eigenvalue weighted by Crippen LogP contribution is -2.30. The molecule has 2 N–H and O–H groups in total. The van der Waals surface area contributed by atoms with Crippen molar-refractivity contribution in [3.8, 4) is 5.75 Å². The Morgan fingerprint density at radius 1 is 1.36 bits per heavy atom. The summed E-state index contributed by atoms with van der Waals surface area (Å²) in [5, 5.41) is 17.1. The van der Waals surface area contributed by atoms with Crippen molar-refractivity contribution in [3.05, 3.63) is 51.9 Å². The van der Waals surface area contributed by atoms with Crippen molar-refractivity contribution in [2.45, 2.75) is 27.3 Å². The second-order valence-corrected chi connectivity index (χ2v) is 6.34. The number of hydrogen-bond acceptors (Lipinski definition) is 5. The van der Waals surface area contributed by atoms with Crippen LogP contribution in [-0.4, -0.2) is 20.7 Å². The number of carbonyl (C=O) groups is 1. The van der Waals surface area contributed by atoms with Gasteiger partial charge >= 0.3 is 0 Å². The number of aromatic nitrogens is 2. The van der Waals surface area contributed by atoms with E-state index in [0.717, 1.165) is 0 Å². The molecule has 0 fully saturated rings. The van der Waals surface area contributed by atoms with Gasteiger partial charge in [0, 0.05) is 18.0 Å². The molecule has 7 heteroatoms. The molecular weight excluding hydrogens is 322 g/mol. The van der Waals surface area contributed by atoms with Crippen LogP contribution in [0.1, 0.15) is 29.9 Å². The summed E-state index contributed by atoms with van der Waals surface area (Å²) in [5.74, 6) is -0.764. The number of para-hydroxylation sites is 1. The molecular formula is C18H19N3O4. The molecule has 0 saturated heterocycles. The minimum absolute atomic E-state index is 0.116. The molecule has 3 rings (SSSR count). The van der Waals surface area contributed by atoms with E-state index in [4.69, 9.17) is 4.52 Å². The van der Waals surface area contributed by atoms with Crippen LogP contribution >= 0.6 is 0 Å². The van der Waals surface area contributed by atoms with E-state index in [9.17, 15) is 14.7 Å². The summed E-state index contributed by atoms with van der Waals surface area (Å²) in [4.78, 5) is 25.4. The maximum absolute atomic E-state index is 12.9. The Balaban J connectivity index is 2.17. The number of anilines is 1. The Labute approximate surface area is 143 Å². The third-order valence-corrected chi connectivity index (χ3v) is 3.79. The summed E-state index contributed by atoms with van der Waals surface area (Å²) in [6, 6.07) is 8.49. The standard InChI is InChI=1S/C18H19N3O4/c1-10(2)9-21-13-7-5-4-6-12(13)16(22)15(18(21)24)17(23)19-14-8-11(3)20-25-14/h4-8,10,22H,9H2,1-3H3,(H,19,23). The van der Waals surface area contributed by atoms with Crippen LogP contribution in [0.2, 0.25) is 0 Å². The molecule has 7 nitrogen and oxygen atoms in total. The number of rotatable bonds is 4. The van der Waals surface area contributed by atoms with Gasteiger partial charge in [0.05, 0.1) is 11.2 Å². The number of nitrogens with one attached hydrogen (secondary N) is 1. The third kappa shape index (κ3) is 3.13. The maximum Gasteiger partial charge on any atom is 0.267 e. The summed E-state index contributed by atoms with van der Waals surface area (Å²) in [6.07, 6.45) is 0. The molecule has 0 atom stereocenters. The number of aromatic hydroxyl groups is 1. The molecule has 1 amide bonds. The first-order chi connectivity index (χ1) is 11.9. The van der Waals surface area contributed by atoms with E-state index in [0.29, 0.717) is 23.1 Å². The highest BCUT2D eigenvalue weighted by atomic mass is 16.5. The van der Waals surface area contributed by atoms with E-state index >= 15 is 0 Å². The molecule has 130 valence electrons. The molecule has 3 aromatic rings. The summed E-state index contributed by atoms with van der Waals surface area (Å²) in [5.41, 5.74) is 0.327. The maximum atomic E-state index is 12.9. The van der Waals surface area contributed by atoms with Crippen molar-refractivity contribution >= 4 is 22.7 Å². The van der Waals surface area contributed by atoms with E-state index in [1.807, 2.05) is 13.8 Å². The van der Waals surface area contributed by atoms with Gasteiger partial charge < -0.3 is 14.2 Å². The predicted molar refractivity (Wildman–Crippen MR) is 93.9 cm³/mol. The van der Waals surface area contributed by atoms with Crippen molar-refractivity contribution in [2.75, 3.05) is 5.32 Å². The molecule has 0 bridgehead atoms. The van der Waals surface area contributed by atoms with Crippen LogP contribution < -0.4 is 10.9 Å². The lowest BCUT2D eigenvalue weighted by molar-refractivity contribution is 0.101. The Hall–Kier alpha value is -3.09. The van der Waals surface area contributed by atoms with Gasteiger partial charge in [-0.1, -0.05) is 31.1 Å². The minimum atomic E-state index is -0.734. The number of benzene rings is 1. The normalized spacial score (nSPS) is 11.2. The van der Waals surface area contributed by atoms with E-state index in [1.54, 1.807) is 31.2 Å². The number of hydrogen-bond donors (Lipinski definition) is 2.